The third kappa shape index (κ3) is 4.19. The molecule has 3 rings (SSSR count). The molecule has 1 amide bonds. The predicted octanol–water partition coefficient (Wildman–Crippen LogP) is 1.90. The lowest BCUT2D eigenvalue weighted by atomic mass is 9.99. The number of nitrogens with zero attached hydrogens (tertiary/aromatic N) is 1. The zero-order valence-electron chi connectivity index (χ0n) is 13.3. The number of aliphatic carboxylic acids is 1. The fourth-order valence-corrected chi connectivity index (χ4v) is 3.66. The van der Waals surface area contributed by atoms with Gasteiger partial charge in [0.15, 0.2) is 6.61 Å². The molecule has 0 saturated carbocycles. The van der Waals surface area contributed by atoms with Crippen molar-refractivity contribution < 1.29 is 19.4 Å². The highest BCUT2D eigenvalue weighted by molar-refractivity contribution is 6.30. The van der Waals surface area contributed by atoms with E-state index in [0.29, 0.717) is 23.9 Å². The minimum atomic E-state index is -1.02. The van der Waals surface area contributed by atoms with Gasteiger partial charge in [-0.25, -0.2) is 4.79 Å². The van der Waals surface area contributed by atoms with E-state index in [9.17, 15) is 9.59 Å². The van der Waals surface area contributed by atoms with Gasteiger partial charge in [0.2, 0.25) is 5.91 Å². The molecule has 2 heterocycles. The van der Waals surface area contributed by atoms with Gasteiger partial charge in [-0.3, -0.25) is 9.69 Å². The number of benzene rings is 1. The summed E-state index contributed by atoms with van der Waals surface area (Å²) >= 11 is 6.09. The normalized spacial score (nSPS) is 24.1. The maximum Gasteiger partial charge on any atom is 0.341 e. The monoisotopic (exact) mass is 352 g/mol. The number of carbonyl (C=O) groups excluding carboxylic acids is 1. The molecule has 2 aliphatic rings. The SMILES string of the molecule is O=C(O)COc1ccc(Cl)cc1CN1CC2CCCC(C1)C(=O)N2. The lowest BCUT2D eigenvalue weighted by Crippen LogP contribution is -2.38. The Bertz CT molecular complexity index is 637. The van der Waals surface area contributed by atoms with Crippen LogP contribution >= 0.6 is 11.6 Å². The summed E-state index contributed by atoms with van der Waals surface area (Å²) in [5, 5.41) is 12.5. The fraction of sp³-hybridized carbons (Fsp3) is 0.529. The summed E-state index contributed by atoms with van der Waals surface area (Å²) in [6.45, 7) is 1.68. The highest BCUT2D eigenvalue weighted by Gasteiger charge is 2.32. The minimum absolute atomic E-state index is 0.0140. The molecule has 2 bridgehead atoms. The second-order valence-corrected chi connectivity index (χ2v) is 6.90. The van der Waals surface area contributed by atoms with Crippen molar-refractivity contribution in [1.82, 2.24) is 10.2 Å². The minimum Gasteiger partial charge on any atom is -0.482 e. The fourth-order valence-electron chi connectivity index (χ4n) is 3.46. The van der Waals surface area contributed by atoms with Crippen molar-refractivity contribution in [3.05, 3.63) is 28.8 Å². The summed E-state index contributed by atoms with van der Waals surface area (Å²) < 4.78 is 5.37. The van der Waals surface area contributed by atoms with Gasteiger partial charge in [-0.2, -0.15) is 0 Å². The Kier molecular flexibility index (Phi) is 5.26. The van der Waals surface area contributed by atoms with E-state index < -0.39 is 5.97 Å². The highest BCUT2D eigenvalue weighted by Crippen LogP contribution is 2.27. The van der Waals surface area contributed by atoms with Crippen LogP contribution in [0, 0.1) is 5.92 Å². The number of hydrogen-bond acceptors (Lipinski definition) is 4. The number of fused-ring (bicyclic) bond motifs is 3. The van der Waals surface area contributed by atoms with Gasteiger partial charge in [0, 0.05) is 36.3 Å². The Morgan fingerprint density at radius 3 is 3.00 bits per heavy atom. The summed E-state index contributed by atoms with van der Waals surface area (Å²) in [5.74, 6) is -0.334. The molecule has 7 heteroatoms. The first kappa shape index (κ1) is 17.0. The van der Waals surface area contributed by atoms with Crippen molar-refractivity contribution >= 4 is 23.5 Å². The van der Waals surface area contributed by atoms with Gasteiger partial charge in [0.25, 0.3) is 0 Å². The van der Waals surface area contributed by atoms with E-state index in [0.717, 1.165) is 31.4 Å². The van der Waals surface area contributed by atoms with Crippen LogP contribution in [0.5, 0.6) is 5.75 Å². The number of halogens is 1. The topological polar surface area (TPSA) is 78.9 Å². The van der Waals surface area contributed by atoms with Crippen molar-refractivity contribution in [3.8, 4) is 5.75 Å². The summed E-state index contributed by atoms with van der Waals surface area (Å²) in [5.41, 5.74) is 0.844. The molecule has 0 aromatic heterocycles. The van der Waals surface area contributed by atoms with E-state index in [1.54, 1.807) is 18.2 Å². The Morgan fingerprint density at radius 2 is 2.21 bits per heavy atom. The quantitative estimate of drug-likeness (QED) is 0.846. The molecule has 1 aromatic carbocycles. The molecule has 0 radical (unpaired) electrons. The summed E-state index contributed by atoms with van der Waals surface area (Å²) in [4.78, 5) is 25.1. The first-order valence-corrected chi connectivity index (χ1v) is 8.55. The summed E-state index contributed by atoms with van der Waals surface area (Å²) in [6, 6.07) is 5.36. The molecule has 0 spiro atoms. The van der Waals surface area contributed by atoms with Crippen molar-refractivity contribution in [2.75, 3.05) is 19.7 Å². The van der Waals surface area contributed by atoms with Crippen LogP contribution in [-0.2, 0) is 16.1 Å². The number of nitrogens with one attached hydrogen (secondary N) is 1. The first-order valence-electron chi connectivity index (χ1n) is 8.17. The maximum atomic E-state index is 12.1. The second kappa shape index (κ2) is 7.40. The third-order valence-corrected chi connectivity index (χ3v) is 4.78. The number of carboxylic acids is 1. The van der Waals surface area contributed by atoms with Crippen LogP contribution in [-0.4, -0.2) is 47.6 Å². The molecule has 2 unspecified atom stereocenters. The van der Waals surface area contributed by atoms with Crippen LogP contribution in [0.3, 0.4) is 0 Å². The van der Waals surface area contributed by atoms with Gasteiger partial charge < -0.3 is 15.2 Å². The number of ether oxygens (including phenoxy) is 1. The number of carbonyl (C=O) groups is 2. The molecule has 0 aliphatic carbocycles. The smallest absolute Gasteiger partial charge is 0.341 e. The van der Waals surface area contributed by atoms with Gasteiger partial charge in [0.05, 0.1) is 5.92 Å². The molecule has 2 saturated heterocycles. The number of carboxylic acid groups (broad SMARTS) is 1. The van der Waals surface area contributed by atoms with E-state index >= 15 is 0 Å². The average molecular weight is 353 g/mol. The molecule has 6 nitrogen and oxygen atoms in total. The third-order valence-electron chi connectivity index (χ3n) is 4.55. The van der Waals surface area contributed by atoms with Crippen molar-refractivity contribution in [2.24, 2.45) is 5.92 Å². The van der Waals surface area contributed by atoms with Gasteiger partial charge in [-0.15, -0.1) is 0 Å². The van der Waals surface area contributed by atoms with Crippen molar-refractivity contribution in [3.63, 3.8) is 0 Å². The van der Waals surface area contributed by atoms with E-state index in [4.69, 9.17) is 21.4 Å². The number of rotatable bonds is 5. The van der Waals surface area contributed by atoms with Crippen molar-refractivity contribution in [2.45, 2.75) is 31.8 Å². The van der Waals surface area contributed by atoms with E-state index in [2.05, 4.69) is 10.2 Å². The number of likely N-dealkylation sites (tertiary alicyclic amines) is 1. The molecule has 2 atom stereocenters. The first-order chi connectivity index (χ1) is 11.5. The number of hydrogen-bond donors (Lipinski definition) is 2. The van der Waals surface area contributed by atoms with Crippen LogP contribution < -0.4 is 10.1 Å². The maximum absolute atomic E-state index is 12.1. The predicted molar refractivity (Wildman–Crippen MR) is 89.1 cm³/mol. The Balaban J connectivity index is 1.76. The molecular formula is C17H21ClN2O4. The molecule has 2 aliphatic heterocycles. The zero-order valence-corrected chi connectivity index (χ0v) is 14.1. The van der Waals surface area contributed by atoms with Crippen LogP contribution in [0.4, 0.5) is 0 Å². The average Bonchev–Trinajstić information content (AvgIpc) is 2.75. The highest BCUT2D eigenvalue weighted by atomic mass is 35.5. The molecular weight excluding hydrogens is 332 g/mol. The van der Waals surface area contributed by atoms with E-state index in [1.165, 1.54) is 0 Å². The van der Waals surface area contributed by atoms with Gasteiger partial charge in [-0.05, 0) is 31.0 Å². The van der Waals surface area contributed by atoms with Crippen LogP contribution in [0.2, 0.25) is 5.02 Å². The van der Waals surface area contributed by atoms with Crippen LogP contribution in [0.25, 0.3) is 0 Å². The number of amides is 1. The molecule has 24 heavy (non-hydrogen) atoms. The van der Waals surface area contributed by atoms with Gasteiger partial charge in [-0.1, -0.05) is 18.0 Å². The Labute approximate surface area is 145 Å². The molecule has 1 aromatic rings. The Hall–Kier alpha value is -1.79. The summed E-state index contributed by atoms with van der Waals surface area (Å²) in [7, 11) is 0. The molecule has 2 N–H and O–H groups in total. The second-order valence-electron chi connectivity index (χ2n) is 6.46. The van der Waals surface area contributed by atoms with Gasteiger partial charge >= 0.3 is 5.97 Å². The van der Waals surface area contributed by atoms with Crippen molar-refractivity contribution in [1.29, 1.82) is 0 Å². The van der Waals surface area contributed by atoms with Gasteiger partial charge in [0.1, 0.15) is 5.75 Å². The summed E-state index contributed by atoms with van der Waals surface area (Å²) in [6.07, 6.45) is 2.99. The lowest BCUT2D eigenvalue weighted by Gasteiger charge is -2.28. The van der Waals surface area contributed by atoms with E-state index in [1.807, 2.05) is 0 Å². The van der Waals surface area contributed by atoms with Crippen LogP contribution in [0.15, 0.2) is 18.2 Å². The van der Waals surface area contributed by atoms with Crippen LogP contribution in [0.1, 0.15) is 24.8 Å². The largest absolute Gasteiger partial charge is 0.482 e. The Morgan fingerprint density at radius 1 is 1.38 bits per heavy atom. The zero-order chi connectivity index (χ0) is 17.1. The lowest BCUT2D eigenvalue weighted by molar-refractivity contribution is -0.139. The standard InChI is InChI=1S/C17H21ClN2O4/c18-13-4-5-15(24-10-16(21)22)12(6-13)8-20-7-11-2-1-3-14(9-20)19-17(11)23/h4-6,11,14H,1-3,7-10H2,(H,19,23)(H,21,22). The van der Waals surface area contributed by atoms with E-state index in [-0.39, 0.29) is 24.5 Å². The molecule has 2 fully saturated rings. The molecule has 130 valence electrons.